The van der Waals surface area contributed by atoms with E-state index < -0.39 is 5.97 Å². The average Bonchev–Trinajstić information content (AvgIpc) is 2.54. The molecule has 24 heavy (non-hydrogen) atoms. The molecule has 1 aromatic carbocycles. The molecule has 1 aliphatic rings. The molecule has 1 aromatic rings. The van der Waals surface area contributed by atoms with Gasteiger partial charge in [-0.05, 0) is 24.8 Å². The fourth-order valence-electron chi connectivity index (χ4n) is 2.44. The fourth-order valence-corrected chi connectivity index (χ4v) is 3.03. The van der Waals surface area contributed by atoms with E-state index >= 15 is 0 Å². The number of esters is 1. The van der Waals surface area contributed by atoms with Gasteiger partial charge in [0.2, 0.25) is 0 Å². The Kier molecular flexibility index (Phi) is 7.02. The monoisotopic (exact) mass is 393 g/mol. The molecule has 1 amide bonds. The van der Waals surface area contributed by atoms with Gasteiger partial charge in [0.1, 0.15) is 5.75 Å². The van der Waals surface area contributed by atoms with Crippen molar-refractivity contribution in [2.75, 3.05) is 26.3 Å². The van der Waals surface area contributed by atoms with Crippen LogP contribution in [0.3, 0.4) is 0 Å². The summed E-state index contributed by atoms with van der Waals surface area (Å²) >= 11 is 17.6. The lowest BCUT2D eigenvalue weighted by atomic mass is 10.0. The summed E-state index contributed by atoms with van der Waals surface area (Å²) in [6.45, 7) is 2.84. The van der Waals surface area contributed by atoms with Crippen molar-refractivity contribution in [3.63, 3.8) is 0 Å². The van der Waals surface area contributed by atoms with Crippen molar-refractivity contribution in [1.29, 1.82) is 0 Å². The van der Waals surface area contributed by atoms with Crippen molar-refractivity contribution in [3.05, 3.63) is 27.2 Å². The summed E-state index contributed by atoms with van der Waals surface area (Å²) in [5.74, 6) is -0.157. The number of benzene rings is 1. The van der Waals surface area contributed by atoms with E-state index in [0.29, 0.717) is 19.0 Å². The van der Waals surface area contributed by atoms with Crippen LogP contribution in [0.25, 0.3) is 0 Å². The van der Waals surface area contributed by atoms with Gasteiger partial charge in [0.15, 0.2) is 13.2 Å². The van der Waals surface area contributed by atoms with Crippen LogP contribution >= 0.6 is 34.8 Å². The number of nitrogens with zero attached hydrogens (tertiary/aromatic N) is 1. The van der Waals surface area contributed by atoms with Crippen LogP contribution in [0.1, 0.15) is 19.8 Å². The summed E-state index contributed by atoms with van der Waals surface area (Å²) in [5, 5.41) is 0.785. The van der Waals surface area contributed by atoms with Gasteiger partial charge in [0, 0.05) is 19.2 Å². The smallest absolute Gasteiger partial charge is 0.344 e. The molecule has 1 heterocycles. The molecule has 0 aliphatic carbocycles. The zero-order valence-electron chi connectivity index (χ0n) is 13.2. The van der Waals surface area contributed by atoms with Crippen LogP contribution in [0.5, 0.6) is 5.75 Å². The van der Waals surface area contributed by atoms with Crippen molar-refractivity contribution in [1.82, 2.24) is 4.90 Å². The van der Waals surface area contributed by atoms with E-state index in [1.807, 2.05) is 0 Å². The van der Waals surface area contributed by atoms with Crippen LogP contribution in [0.15, 0.2) is 12.1 Å². The first-order chi connectivity index (χ1) is 11.4. The van der Waals surface area contributed by atoms with E-state index in [-0.39, 0.29) is 39.9 Å². The summed E-state index contributed by atoms with van der Waals surface area (Å²) in [5.41, 5.74) is 0. The van der Waals surface area contributed by atoms with Gasteiger partial charge in [-0.3, -0.25) is 4.79 Å². The van der Waals surface area contributed by atoms with Gasteiger partial charge in [-0.25, -0.2) is 4.79 Å². The van der Waals surface area contributed by atoms with E-state index in [9.17, 15) is 9.59 Å². The van der Waals surface area contributed by atoms with Gasteiger partial charge in [0.25, 0.3) is 5.91 Å². The van der Waals surface area contributed by atoms with Gasteiger partial charge in [-0.2, -0.15) is 0 Å². The summed E-state index contributed by atoms with van der Waals surface area (Å²) in [4.78, 5) is 25.4. The lowest BCUT2D eigenvalue weighted by Crippen LogP contribution is -2.41. The Bertz CT molecular complexity index is 624. The molecule has 0 bridgehead atoms. The Morgan fingerprint density at radius 3 is 2.58 bits per heavy atom. The second-order valence-corrected chi connectivity index (χ2v) is 6.95. The van der Waals surface area contributed by atoms with Crippen LogP contribution < -0.4 is 4.74 Å². The lowest BCUT2D eigenvalue weighted by Gasteiger charge is -2.30. The van der Waals surface area contributed by atoms with E-state index in [0.717, 1.165) is 12.8 Å². The number of likely N-dealkylation sites (tertiary alicyclic amines) is 1. The molecule has 0 N–H and O–H groups in total. The Labute approximate surface area is 155 Å². The molecule has 1 saturated heterocycles. The largest absolute Gasteiger partial charge is 0.480 e. The molecule has 1 fully saturated rings. The zero-order chi connectivity index (χ0) is 17.7. The summed E-state index contributed by atoms with van der Waals surface area (Å²) < 4.78 is 10.2. The highest BCUT2D eigenvalue weighted by Crippen LogP contribution is 2.33. The Hall–Kier alpha value is -1.17. The predicted octanol–water partition coefficient (Wildman–Crippen LogP) is 3.83. The van der Waals surface area contributed by atoms with Crippen LogP contribution in [0.4, 0.5) is 0 Å². The molecule has 1 atom stereocenters. The number of piperidine rings is 1. The highest BCUT2D eigenvalue weighted by molar-refractivity contribution is 6.43. The molecule has 0 unspecified atom stereocenters. The van der Waals surface area contributed by atoms with Crippen molar-refractivity contribution < 1.29 is 19.1 Å². The lowest BCUT2D eigenvalue weighted by molar-refractivity contribution is -0.154. The maximum absolute atomic E-state index is 12.0. The maximum atomic E-state index is 12.0. The molecule has 0 spiro atoms. The maximum Gasteiger partial charge on any atom is 0.344 e. The van der Waals surface area contributed by atoms with Crippen molar-refractivity contribution >= 4 is 46.7 Å². The quantitative estimate of drug-likeness (QED) is 0.562. The first-order valence-electron chi connectivity index (χ1n) is 7.57. The first kappa shape index (κ1) is 19.2. The molecule has 8 heteroatoms. The molecule has 0 aromatic heterocycles. The summed E-state index contributed by atoms with van der Waals surface area (Å²) in [6.07, 6.45) is 2.08. The third-order valence-electron chi connectivity index (χ3n) is 3.69. The van der Waals surface area contributed by atoms with Crippen molar-refractivity contribution in [2.24, 2.45) is 5.92 Å². The summed E-state index contributed by atoms with van der Waals surface area (Å²) in [6, 6.07) is 2.84. The van der Waals surface area contributed by atoms with Gasteiger partial charge in [-0.15, -0.1) is 0 Å². The van der Waals surface area contributed by atoms with Gasteiger partial charge in [0.05, 0.1) is 15.1 Å². The third-order valence-corrected chi connectivity index (χ3v) is 4.70. The van der Waals surface area contributed by atoms with E-state index in [4.69, 9.17) is 44.3 Å². The topological polar surface area (TPSA) is 55.8 Å². The molecule has 1 aliphatic heterocycles. The molecular weight excluding hydrogens is 377 g/mol. The first-order valence-corrected chi connectivity index (χ1v) is 8.71. The number of carbonyl (C=O) groups excluding carboxylic acids is 2. The highest BCUT2D eigenvalue weighted by atomic mass is 35.5. The Balaban J connectivity index is 1.77. The SMILES string of the molecule is C[C@H]1CCCN(C(=O)COC(=O)COc2cc(Cl)c(Cl)cc2Cl)C1. The van der Waals surface area contributed by atoms with Gasteiger partial charge >= 0.3 is 5.97 Å². The Morgan fingerprint density at radius 2 is 1.88 bits per heavy atom. The minimum Gasteiger partial charge on any atom is -0.480 e. The van der Waals surface area contributed by atoms with Gasteiger partial charge in [-0.1, -0.05) is 41.7 Å². The third kappa shape index (κ3) is 5.43. The highest BCUT2D eigenvalue weighted by Gasteiger charge is 2.22. The molecular formula is C16H18Cl3NO4. The van der Waals surface area contributed by atoms with Crippen LogP contribution in [-0.4, -0.2) is 43.1 Å². The number of rotatable bonds is 5. The van der Waals surface area contributed by atoms with Gasteiger partial charge < -0.3 is 14.4 Å². The number of amides is 1. The molecule has 2 rings (SSSR count). The summed E-state index contributed by atoms with van der Waals surface area (Å²) in [7, 11) is 0. The van der Waals surface area contributed by atoms with E-state index in [2.05, 4.69) is 6.92 Å². The standard InChI is InChI=1S/C16H18Cl3NO4/c1-10-3-2-4-20(7-10)15(21)8-24-16(22)9-23-14-6-12(18)11(17)5-13(14)19/h5-6,10H,2-4,7-9H2,1H3/t10-/m0/s1. The average molecular weight is 395 g/mol. The van der Waals surface area contributed by atoms with E-state index in [1.165, 1.54) is 12.1 Å². The second-order valence-electron chi connectivity index (χ2n) is 5.73. The molecule has 0 saturated carbocycles. The molecule has 5 nitrogen and oxygen atoms in total. The normalized spacial score (nSPS) is 17.5. The number of ether oxygens (including phenoxy) is 2. The van der Waals surface area contributed by atoms with Crippen LogP contribution in [-0.2, 0) is 14.3 Å². The predicted molar refractivity (Wildman–Crippen MR) is 92.9 cm³/mol. The van der Waals surface area contributed by atoms with Crippen molar-refractivity contribution in [3.8, 4) is 5.75 Å². The molecule has 0 radical (unpaired) electrons. The zero-order valence-corrected chi connectivity index (χ0v) is 15.5. The fraction of sp³-hybridized carbons (Fsp3) is 0.500. The number of halogens is 3. The second kappa shape index (κ2) is 8.79. The van der Waals surface area contributed by atoms with Crippen LogP contribution in [0.2, 0.25) is 15.1 Å². The number of carbonyl (C=O) groups is 2. The minimum absolute atomic E-state index is 0.192. The minimum atomic E-state index is -0.657. The molecule has 132 valence electrons. The number of hydrogen-bond donors (Lipinski definition) is 0. The van der Waals surface area contributed by atoms with Crippen LogP contribution in [0, 0.1) is 5.92 Å². The van der Waals surface area contributed by atoms with Crippen molar-refractivity contribution in [2.45, 2.75) is 19.8 Å². The number of hydrogen-bond acceptors (Lipinski definition) is 4. The Morgan fingerprint density at radius 1 is 1.17 bits per heavy atom. The van der Waals surface area contributed by atoms with E-state index in [1.54, 1.807) is 4.90 Å².